The van der Waals surface area contributed by atoms with E-state index < -0.39 is 15.9 Å². The van der Waals surface area contributed by atoms with Crippen molar-refractivity contribution in [3.8, 4) is 10.8 Å². The Morgan fingerprint density at radius 1 is 1.15 bits per heavy atom. The van der Waals surface area contributed by atoms with E-state index in [4.69, 9.17) is 16.0 Å². The number of nitrogens with zero attached hydrogens (tertiary/aromatic N) is 3. The minimum Gasteiger partial charge on any atom is -0.402 e. The van der Waals surface area contributed by atoms with E-state index in [0.717, 1.165) is 4.31 Å². The van der Waals surface area contributed by atoms with Crippen LogP contribution in [0.1, 0.15) is 10.4 Å². The van der Waals surface area contributed by atoms with Gasteiger partial charge < -0.3 is 4.42 Å². The van der Waals surface area contributed by atoms with Crippen molar-refractivity contribution in [3.63, 3.8) is 0 Å². The second-order valence-corrected chi connectivity index (χ2v) is 9.15. The summed E-state index contributed by atoms with van der Waals surface area (Å²) < 4.78 is 31.1. The summed E-state index contributed by atoms with van der Waals surface area (Å²) in [5.41, 5.74) is 0.252. The molecular weight excluding hydrogens is 400 g/mol. The predicted molar refractivity (Wildman–Crippen MR) is 97.9 cm³/mol. The molecule has 26 heavy (non-hydrogen) atoms. The van der Waals surface area contributed by atoms with Gasteiger partial charge in [0.05, 0.1) is 14.1 Å². The van der Waals surface area contributed by atoms with Crippen LogP contribution in [0.15, 0.2) is 45.7 Å². The number of amides is 1. The van der Waals surface area contributed by atoms with Crippen molar-refractivity contribution in [2.75, 3.05) is 19.4 Å². The lowest BCUT2D eigenvalue weighted by Crippen LogP contribution is -2.22. The fraction of sp³-hybridized carbons (Fsp3) is 0.133. The summed E-state index contributed by atoms with van der Waals surface area (Å²) in [5.74, 6) is -0.261. The monoisotopic (exact) mass is 412 g/mol. The third-order valence-corrected chi connectivity index (χ3v) is 6.37. The second kappa shape index (κ2) is 7.16. The molecule has 1 amide bonds. The Morgan fingerprint density at radius 2 is 1.85 bits per heavy atom. The Kier molecular flexibility index (Phi) is 5.10. The van der Waals surface area contributed by atoms with E-state index in [1.54, 1.807) is 12.1 Å². The van der Waals surface area contributed by atoms with Crippen LogP contribution < -0.4 is 5.32 Å². The van der Waals surface area contributed by atoms with Crippen molar-refractivity contribution >= 4 is 44.9 Å². The summed E-state index contributed by atoms with van der Waals surface area (Å²) >= 11 is 7.13. The third kappa shape index (κ3) is 3.78. The molecule has 2 aromatic heterocycles. The average molecular weight is 413 g/mol. The van der Waals surface area contributed by atoms with Crippen LogP contribution in [0.25, 0.3) is 10.8 Å². The Labute approximate surface area is 158 Å². The number of hydrogen-bond donors (Lipinski definition) is 1. The summed E-state index contributed by atoms with van der Waals surface area (Å²) in [6, 6.07) is 8.89. The maximum atomic E-state index is 12.2. The molecular formula is C15H13ClN4O4S2. The first-order valence-electron chi connectivity index (χ1n) is 7.20. The van der Waals surface area contributed by atoms with Crippen molar-refractivity contribution in [1.82, 2.24) is 14.5 Å². The predicted octanol–water partition coefficient (Wildman–Crippen LogP) is 2.95. The van der Waals surface area contributed by atoms with Gasteiger partial charge in [0.1, 0.15) is 0 Å². The summed E-state index contributed by atoms with van der Waals surface area (Å²) in [7, 11) is -0.684. The average Bonchev–Trinajstić information content (AvgIpc) is 3.23. The molecule has 0 fully saturated rings. The lowest BCUT2D eigenvalue weighted by atomic mass is 10.2. The van der Waals surface area contributed by atoms with E-state index in [-0.39, 0.29) is 22.4 Å². The van der Waals surface area contributed by atoms with Crippen molar-refractivity contribution in [1.29, 1.82) is 0 Å². The van der Waals surface area contributed by atoms with Gasteiger partial charge in [0.25, 0.3) is 11.8 Å². The number of carbonyl (C=O) groups is 1. The number of rotatable bonds is 5. The van der Waals surface area contributed by atoms with E-state index in [2.05, 4.69) is 15.5 Å². The van der Waals surface area contributed by atoms with Crippen molar-refractivity contribution < 1.29 is 17.6 Å². The summed E-state index contributed by atoms with van der Waals surface area (Å²) in [4.78, 5) is 13.0. The zero-order valence-electron chi connectivity index (χ0n) is 13.6. The summed E-state index contributed by atoms with van der Waals surface area (Å²) in [6.45, 7) is 0. The lowest BCUT2D eigenvalue weighted by molar-refractivity contribution is 0.102. The van der Waals surface area contributed by atoms with E-state index in [1.807, 2.05) is 0 Å². The number of sulfonamides is 1. The van der Waals surface area contributed by atoms with Gasteiger partial charge in [-0.2, -0.15) is 0 Å². The van der Waals surface area contributed by atoms with Crippen molar-refractivity contribution in [3.05, 3.63) is 46.3 Å². The summed E-state index contributed by atoms with van der Waals surface area (Å²) in [6.07, 6.45) is 0. The molecule has 0 bridgehead atoms. The Balaban J connectivity index is 1.74. The number of hydrogen-bond acceptors (Lipinski definition) is 7. The fourth-order valence-electron chi connectivity index (χ4n) is 1.96. The SMILES string of the molecule is CN(C)S(=O)(=O)c1ccc(C(=O)Nc2nnc(-c3ccc(Cl)s3)o2)cc1. The number of nitrogens with one attached hydrogen (secondary N) is 1. The van der Waals surface area contributed by atoms with Crippen LogP contribution in [0.3, 0.4) is 0 Å². The van der Waals surface area contributed by atoms with Gasteiger partial charge in [-0.3, -0.25) is 10.1 Å². The Bertz CT molecular complexity index is 1040. The molecule has 0 spiro atoms. The standard InChI is InChI=1S/C15H13ClN4O4S2/c1-20(2)26(22,23)10-5-3-9(4-6-10)13(21)17-15-19-18-14(24-15)11-7-8-12(16)25-11/h3-8H,1-2H3,(H,17,19,21). The number of carbonyl (C=O) groups excluding carboxylic acids is 1. The molecule has 1 N–H and O–H groups in total. The van der Waals surface area contributed by atoms with Crippen LogP contribution in [0, 0.1) is 0 Å². The van der Waals surface area contributed by atoms with Crippen molar-refractivity contribution in [2.45, 2.75) is 4.90 Å². The van der Waals surface area contributed by atoms with E-state index in [9.17, 15) is 13.2 Å². The quantitative estimate of drug-likeness (QED) is 0.690. The number of aromatic nitrogens is 2. The Hall–Kier alpha value is -2.27. The maximum Gasteiger partial charge on any atom is 0.322 e. The number of benzene rings is 1. The minimum atomic E-state index is -3.55. The number of halogens is 1. The lowest BCUT2D eigenvalue weighted by Gasteiger charge is -2.11. The molecule has 8 nitrogen and oxygen atoms in total. The van der Waals surface area contributed by atoms with Gasteiger partial charge in [-0.05, 0) is 36.4 Å². The molecule has 0 saturated heterocycles. The molecule has 3 aromatic rings. The molecule has 0 saturated carbocycles. The van der Waals surface area contributed by atoms with Crippen LogP contribution in [-0.2, 0) is 10.0 Å². The van der Waals surface area contributed by atoms with Gasteiger partial charge in [0.2, 0.25) is 10.0 Å². The first kappa shape index (κ1) is 18.5. The zero-order chi connectivity index (χ0) is 18.9. The second-order valence-electron chi connectivity index (χ2n) is 5.28. The normalized spacial score (nSPS) is 11.7. The van der Waals surface area contributed by atoms with Gasteiger partial charge in [-0.15, -0.1) is 16.4 Å². The first-order valence-corrected chi connectivity index (χ1v) is 9.84. The highest BCUT2D eigenvalue weighted by molar-refractivity contribution is 7.89. The highest BCUT2D eigenvalue weighted by Gasteiger charge is 2.18. The van der Waals surface area contributed by atoms with Crippen LogP contribution in [0.4, 0.5) is 6.01 Å². The molecule has 0 unspecified atom stereocenters. The number of anilines is 1. The van der Waals surface area contributed by atoms with Gasteiger partial charge in [0.15, 0.2) is 0 Å². The first-order chi connectivity index (χ1) is 12.3. The van der Waals surface area contributed by atoms with Crippen LogP contribution in [0.2, 0.25) is 4.34 Å². The minimum absolute atomic E-state index is 0.0699. The highest BCUT2D eigenvalue weighted by atomic mass is 35.5. The van der Waals surface area contributed by atoms with Gasteiger partial charge in [0, 0.05) is 19.7 Å². The Morgan fingerprint density at radius 3 is 2.42 bits per heavy atom. The molecule has 0 aliphatic carbocycles. The van der Waals surface area contributed by atoms with Crippen LogP contribution in [0.5, 0.6) is 0 Å². The topological polar surface area (TPSA) is 105 Å². The highest BCUT2D eigenvalue weighted by Crippen LogP contribution is 2.30. The van der Waals surface area contributed by atoms with Gasteiger partial charge in [-0.25, -0.2) is 12.7 Å². The van der Waals surface area contributed by atoms with Gasteiger partial charge in [-0.1, -0.05) is 16.7 Å². The van der Waals surface area contributed by atoms with Crippen LogP contribution in [-0.4, -0.2) is 42.9 Å². The van der Waals surface area contributed by atoms with Crippen molar-refractivity contribution in [2.24, 2.45) is 0 Å². The molecule has 1 aromatic carbocycles. The largest absolute Gasteiger partial charge is 0.402 e. The molecule has 136 valence electrons. The maximum absolute atomic E-state index is 12.2. The van der Waals surface area contributed by atoms with Crippen LogP contribution >= 0.6 is 22.9 Å². The number of thiophene rings is 1. The summed E-state index contributed by atoms with van der Waals surface area (Å²) in [5, 5.41) is 10.1. The molecule has 3 rings (SSSR count). The van der Waals surface area contributed by atoms with E-state index >= 15 is 0 Å². The van der Waals surface area contributed by atoms with Gasteiger partial charge >= 0.3 is 6.01 Å². The molecule has 11 heteroatoms. The smallest absolute Gasteiger partial charge is 0.322 e. The molecule has 2 heterocycles. The fourth-order valence-corrected chi connectivity index (χ4v) is 3.83. The zero-order valence-corrected chi connectivity index (χ0v) is 16.0. The molecule has 0 aliphatic rings. The molecule has 0 aliphatic heterocycles. The third-order valence-electron chi connectivity index (χ3n) is 3.32. The van der Waals surface area contributed by atoms with E-state index in [1.165, 1.54) is 49.7 Å². The molecule has 0 radical (unpaired) electrons. The van der Waals surface area contributed by atoms with E-state index in [0.29, 0.717) is 9.21 Å². The molecule has 0 atom stereocenters.